The summed E-state index contributed by atoms with van der Waals surface area (Å²) in [5.41, 5.74) is 0. The number of aromatic nitrogens is 2. The van der Waals surface area contributed by atoms with Crippen molar-refractivity contribution >= 4 is 17.4 Å². The van der Waals surface area contributed by atoms with Crippen LogP contribution in [-0.2, 0) is 0 Å². The minimum absolute atomic E-state index is 0.377. The molecular formula is C10H16ClN3. The van der Waals surface area contributed by atoms with Crippen molar-refractivity contribution < 1.29 is 0 Å². The number of anilines is 1. The average molecular weight is 214 g/mol. The molecule has 0 aliphatic heterocycles. The van der Waals surface area contributed by atoms with E-state index in [0.717, 1.165) is 12.2 Å². The van der Waals surface area contributed by atoms with Crippen LogP contribution in [0.2, 0.25) is 0 Å². The van der Waals surface area contributed by atoms with Gasteiger partial charge in [-0.2, -0.15) is 0 Å². The van der Waals surface area contributed by atoms with E-state index in [1.54, 1.807) is 12.5 Å². The minimum atomic E-state index is 0.377. The predicted molar refractivity (Wildman–Crippen MR) is 59.6 cm³/mol. The molecule has 0 fully saturated rings. The van der Waals surface area contributed by atoms with Crippen molar-refractivity contribution in [3.63, 3.8) is 0 Å². The van der Waals surface area contributed by atoms with Gasteiger partial charge in [-0.15, -0.1) is 11.6 Å². The molecule has 14 heavy (non-hydrogen) atoms. The second kappa shape index (κ2) is 5.81. The maximum absolute atomic E-state index is 5.73. The van der Waals surface area contributed by atoms with E-state index in [1.165, 1.54) is 0 Å². The van der Waals surface area contributed by atoms with Crippen LogP contribution in [0.1, 0.15) is 20.3 Å². The molecule has 1 aromatic rings. The van der Waals surface area contributed by atoms with Gasteiger partial charge in [-0.05, 0) is 18.4 Å². The van der Waals surface area contributed by atoms with Gasteiger partial charge in [-0.3, -0.25) is 0 Å². The molecule has 0 radical (unpaired) electrons. The number of nitrogens with zero attached hydrogens (tertiary/aromatic N) is 2. The molecule has 0 bridgehead atoms. The highest BCUT2D eigenvalue weighted by atomic mass is 35.5. The molecule has 1 rings (SSSR count). The summed E-state index contributed by atoms with van der Waals surface area (Å²) in [5, 5.41) is 3.34. The van der Waals surface area contributed by atoms with E-state index in [1.807, 2.05) is 6.07 Å². The number of hydrogen-bond acceptors (Lipinski definition) is 3. The Bertz CT molecular complexity index is 251. The molecule has 0 saturated heterocycles. The Morgan fingerprint density at radius 3 is 2.79 bits per heavy atom. The lowest BCUT2D eigenvalue weighted by atomic mass is 10.0. The van der Waals surface area contributed by atoms with Crippen LogP contribution < -0.4 is 5.32 Å². The third kappa shape index (κ3) is 3.50. The zero-order valence-electron chi connectivity index (χ0n) is 8.57. The van der Waals surface area contributed by atoms with E-state index in [0.29, 0.717) is 17.8 Å². The normalized spacial score (nSPS) is 12.9. The van der Waals surface area contributed by atoms with Gasteiger partial charge in [-0.25, -0.2) is 9.97 Å². The monoisotopic (exact) mass is 213 g/mol. The largest absolute Gasteiger partial charge is 0.367 e. The Morgan fingerprint density at radius 2 is 2.29 bits per heavy atom. The van der Waals surface area contributed by atoms with Crippen LogP contribution in [-0.4, -0.2) is 21.9 Å². The average Bonchev–Trinajstić information content (AvgIpc) is 2.18. The van der Waals surface area contributed by atoms with Gasteiger partial charge in [0, 0.05) is 18.1 Å². The molecule has 1 heterocycles. The quantitative estimate of drug-likeness (QED) is 0.764. The van der Waals surface area contributed by atoms with E-state index < -0.39 is 0 Å². The van der Waals surface area contributed by atoms with Gasteiger partial charge < -0.3 is 5.32 Å². The summed E-state index contributed by atoms with van der Waals surface area (Å²) in [6, 6.07) is 2.24. The molecule has 1 unspecified atom stereocenters. The van der Waals surface area contributed by atoms with Crippen molar-refractivity contribution in [2.45, 2.75) is 26.3 Å². The minimum Gasteiger partial charge on any atom is -0.367 e. The van der Waals surface area contributed by atoms with Crippen molar-refractivity contribution in [3.8, 4) is 0 Å². The first-order chi connectivity index (χ1) is 6.74. The summed E-state index contributed by atoms with van der Waals surface area (Å²) >= 11 is 5.73. The molecule has 0 spiro atoms. The number of halogens is 1. The summed E-state index contributed by atoms with van der Waals surface area (Å²) in [4.78, 5) is 7.98. The summed E-state index contributed by atoms with van der Waals surface area (Å²) in [6.45, 7) is 4.34. The Morgan fingerprint density at radius 1 is 1.50 bits per heavy atom. The molecular weight excluding hydrogens is 198 g/mol. The molecule has 78 valence electrons. The van der Waals surface area contributed by atoms with Gasteiger partial charge in [0.25, 0.3) is 0 Å². The van der Waals surface area contributed by atoms with Gasteiger partial charge in [0.05, 0.1) is 0 Å². The van der Waals surface area contributed by atoms with Crippen LogP contribution in [0.3, 0.4) is 0 Å². The fourth-order valence-electron chi connectivity index (χ4n) is 1.26. The van der Waals surface area contributed by atoms with Crippen LogP contribution in [0.15, 0.2) is 18.6 Å². The Kier molecular flexibility index (Phi) is 4.66. The van der Waals surface area contributed by atoms with Gasteiger partial charge in [0.15, 0.2) is 0 Å². The van der Waals surface area contributed by atoms with Crippen molar-refractivity contribution in [1.29, 1.82) is 0 Å². The first-order valence-electron chi connectivity index (χ1n) is 4.82. The first-order valence-corrected chi connectivity index (χ1v) is 5.36. The lowest BCUT2D eigenvalue weighted by Gasteiger charge is -2.21. The highest BCUT2D eigenvalue weighted by molar-refractivity contribution is 6.17. The van der Waals surface area contributed by atoms with Crippen LogP contribution in [0.25, 0.3) is 0 Å². The van der Waals surface area contributed by atoms with Gasteiger partial charge in [-0.1, -0.05) is 13.8 Å². The topological polar surface area (TPSA) is 37.8 Å². The highest BCUT2D eigenvalue weighted by Crippen LogP contribution is 2.12. The molecule has 4 heteroatoms. The van der Waals surface area contributed by atoms with Gasteiger partial charge >= 0.3 is 0 Å². The molecule has 0 aromatic carbocycles. The van der Waals surface area contributed by atoms with E-state index in [9.17, 15) is 0 Å². The maximum atomic E-state index is 5.73. The molecule has 1 atom stereocenters. The second-order valence-corrected chi connectivity index (χ2v) is 3.95. The van der Waals surface area contributed by atoms with Crippen LogP contribution in [0, 0.1) is 5.92 Å². The fraction of sp³-hybridized carbons (Fsp3) is 0.600. The molecule has 1 N–H and O–H groups in total. The maximum Gasteiger partial charge on any atom is 0.129 e. The second-order valence-electron chi connectivity index (χ2n) is 3.57. The van der Waals surface area contributed by atoms with Crippen molar-refractivity contribution in [1.82, 2.24) is 9.97 Å². The molecule has 0 aliphatic carbocycles. The summed E-state index contributed by atoms with van der Waals surface area (Å²) in [7, 11) is 0. The zero-order chi connectivity index (χ0) is 10.4. The summed E-state index contributed by atoms with van der Waals surface area (Å²) in [5.74, 6) is 2.08. The van der Waals surface area contributed by atoms with Crippen LogP contribution in [0.4, 0.5) is 5.82 Å². The van der Waals surface area contributed by atoms with E-state index in [4.69, 9.17) is 11.6 Å². The fourth-order valence-corrected chi connectivity index (χ4v) is 1.49. The summed E-state index contributed by atoms with van der Waals surface area (Å²) in [6.07, 6.45) is 4.22. The van der Waals surface area contributed by atoms with Crippen molar-refractivity contribution in [3.05, 3.63) is 18.6 Å². The zero-order valence-corrected chi connectivity index (χ0v) is 9.33. The highest BCUT2D eigenvalue weighted by Gasteiger charge is 2.12. The van der Waals surface area contributed by atoms with E-state index >= 15 is 0 Å². The lowest BCUT2D eigenvalue weighted by molar-refractivity contribution is 0.511. The third-order valence-electron chi connectivity index (χ3n) is 2.14. The van der Waals surface area contributed by atoms with Crippen LogP contribution >= 0.6 is 11.6 Å². The number of rotatable bonds is 5. The Balaban J connectivity index is 2.55. The number of nitrogens with one attached hydrogen (secondary N) is 1. The Labute approximate surface area is 89.9 Å². The van der Waals surface area contributed by atoms with Gasteiger partial charge in [0.1, 0.15) is 12.1 Å². The standard InChI is InChI=1S/C10H16ClN3/c1-8(2)9(3-5-11)14-10-4-6-12-7-13-10/h4,6-9H,3,5H2,1-2H3,(H,12,13,14). The Hall–Kier alpha value is -0.830. The molecule has 1 aromatic heterocycles. The number of hydrogen-bond donors (Lipinski definition) is 1. The van der Waals surface area contributed by atoms with Gasteiger partial charge in [0.2, 0.25) is 0 Å². The van der Waals surface area contributed by atoms with E-state index in [-0.39, 0.29) is 0 Å². The molecule has 3 nitrogen and oxygen atoms in total. The first kappa shape index (κ1) is 11.2. The van der Waals surface area contributed by atoms with E-state index in [2.05, 4.69) is 29.1 Å². The molecule has 0 aliphatic rings. The molecule has 0 amide bonds. The third-order valence-corrected chi connectivity index (χ3v) is 2.36. The smallest absolute Gasteiger partial charge is 0.129 e. The SMILES string of the molecule is CC(C)C(CCCl)Nc1ccncn1. The van der Waals surface area contributed by atoms with Crippen molar-refractivity contribution in [2.75, 3.05) is 11.2 Å². The van der Waals surface area contributed by atoms with Crippen LogP contribution in [0.5, 0.6) is 0 Å². The number of alkyl halides is 1. The van der Waals surface area contributed by atoms with Crippen molar-refractivity contribution in [2.24, 2.45) is 5.92 Å². The molecule has 0 saturated carbocycles. The predicted octanol–water partition coefficient (Wildman–Crippen LogP) is 2.54. The lowest BCUT2D eigenvalue weighted by Crippen LogP contribution is -2.26. The summed E-state index contributed by atoms with van der Waals surface area (Å²) < 4.78 is 0.